The zero-order valence-corrected chi connectivity index (χ0v) is 13.1. The fraction of sp³-hybridized carbons (Fsp3) is 0.167. The van der Waals surface area contributed by atoms with E-state index in [1.54, 1.807) is 6.07 Å². The maximum Gasteiger partial charge on any atom is 0.259 e. The Morgan fingerprint density at radius 2 is 1.75 bits per heavy atom. The van der Waals surface area contributed by atoms with Crippen LogP contribution in [0.15, 0.2) is 42.5 Å². The van der Waals surface area contributed by atoms with Gasteiger partial charge in [0.2, 0.25) is 5.91 Å². The third-order valence-corrected chi connectivity index (χ3v) is 3.64. The number of amides is 3. The summed E-state index contributed by atoms with van der Waals surface area (Å²) in [6, 6.07) is 12.2. The number of aryl methyl sites for hydroxylation is 1. The summed E-state index contributed by atoms with van der Waals surface area (Å²) in [5, 5.41) is 4.90. The molecule has 0 radical (unpaired) electrons. The van der Waals surface area contributed by atoms with Gasteiger partial charge < -0.3 is 10.1 Å². The Morgan fingerprint density at radius 1 is 1.04 bits per heavy atom. The van der Waals surface area contributed by atoms with Crippen molar-refractivity contribution in [3.05, 3.63) is 59.2 Å². The first-order valence-corrected chi connectivity index (χ1v) is 7.52. The molecule has 0 fully saturated rings. The summed E-state index contributed by atoms with van der Waals surface area (Å²) in [7, 11) is 0. The maximum absolute atomic E-state index is 11.9. The number of carbonyl (C=O) groups is 3. The quantitative estimate of drug-likeness (QED) is 0.827. The minimum atomic E-state index is -0.450. The van der Waals surface area contributed by atoms with Crippen LogP contribution in [0.3, 0.4) is 0 Å². The topological polar surface area (TPSA) is 84.5 Å². The van der Waals surface area contributed by atoms with Gasteiger partial charge in [-0.25, -0.2) is 0 Å². The van der Waals surface area contributed by atoms with Gasteiger partial charge in [-0.1, -0.05) is 17.7 Å². The Balaban J connectivity index is 1.54. The second kappa shape index (κ2) is 6.54. The van der Waals surface area contributed by atoms with Crippen LogP contribution in [0.25, 0.3) is 0 Å². The van der Waals surface area contributed by atoms with Gasteiger partial charge >= 0.3 is 0 Å². The monoisotopic (exact) mass is 324 g/mol. The van der Waals surface area contributed by atoms with E-state index in [0.717, 1.165) is 5.56 Å². The minimum Gasteiger partial charge on any atom is -0.493 e. The van der Waals surface area contributed by atoms with E-state index in [1.165, 1.54) is 12.1 Å². The van der Waals surface area contributed by atoms with Gasteiger partial charge in [-0.3, -0.25) is 19.7 Å². The van der Waals surface area contributed by atoms with Crippen molar-refractivity contribution in [1.82, 2.24) is 5.32 Å². The van der Waals surface area contributed by atoms with Crippen LogP contribution in [0.1, 0.15) is 32.7 Å². The number of benzene rings is 2. The zero-order valence-electron chi connectivity index (χ0n) is 13.1. The molecule has 0 bridgehead atoms. The number of hydrogen-bond acceptors (Lipinski definition) is 4. The molecule has 0 saturated heterocycles. The highest BCUT2D eigenvalue weighted by molar-refractivity contribution is 6.22. The summed E-state index contributed by atoms with van der Waals surface area (Å²) in [5.74, 6) is -0.388. The van der Waals surface area contributed by atoms with Crippen LogP contribution >= 0.6 is 0 Å². The molecular formula is C18H16N2O4. The Bertz CT molecular complexity index is 812. The maximum atomic E-state index is 11.9. The lowest BCUT2D eigenvalue weighted by atomic mass is 10.1. The van der Waals surface area contributed by atoms with E-state index >= 15 is 0 Å². The fourth-order valence-electron chi connectivity index (χ4n) is 2.37. The number of rotatable bonds is 5. The normalized spacial score (nSPS) is 12.5. The molecule has 0 atom stereocenters. The van der Waals surface area contributed by atoms with Crippen molar-refractivity contribution in [3.63, 3.8) is 0 Å². The second-order valence-electron chi connectivity index (χ2n) is 5.50. The third kappa shape index (κ3) is 3.43. The molecule has 0 spiro atoms. The van der Waals surface area contributed by atoms with Gasteiger partial charge in [-0.05, 0) is 37.3 Å². The lowest BCUT2D eigenvalue weighted by Crippen LogP contribution is -2.19. The van der Waals surface area contributed by atoms with Gasteiger partial charge in [0.15, 0.2) is 0 Å². The van der Waals surface area contributed by atoms with Gasteiger partial charge in [-0.2, -0.15) is 0 Å². The van der Waals surface area contributed by atoms with Crippen LogP contribution in [0.2, 0.25) is 0 Å². The van der Waals surface area contributed by atoms with Crippen LogP contribution in [-0.4, -0.2) is 24.3 Å². The predicted molar refractivity (Wildman–Crippen MR) is 88.2 cm³/mol. The van der Waals surface area contributed by atoms with E-state index in [9.17, 15) is 14.4 Å². The van der Waals surface area contributed by atoms with E-state index in [2.05, 4.69) is 10.6 Å². The van der Waals surface area contributed by atoms with Gasteiger partial charge in [0, 0.05) is 5.69 Å². The highest BCUT2D eigenvalue weighted by Crippen LogP contribution is 2.20. The molecule has 122 valence electrons. The number of ether oxygens (including phenoxy) is 1. The van der Waals surface area contributed by atoms with Gasteiger partial charge in [0.25, 0.3) is 11.8 Å². The number of fused-ring (bicyclic) bond motifs is 1. The minimum absolute atomic E-state index is 0.177. The molecule has 6 heteroatoms. The molecule has 6 nitrogen and oxygen atoms in total. The smallest absolute Gasteiger partial charge is 0.259 e. The summed E-state index contributed by atoms with van der Waals surface area (Å²) >= 11 is 0. The molecular weight excluding hydrogens is 308 g/mol. The number of imide groups is 1. The largest absolute Gasteiger partial charge is 0.493 e. The van der Waals surface area contributed by atoms with Crippen molar-refractivity contribution >= 4 is 23.4 Å². The Hall–Kier alpha value is -3.15. The summed E-state index contributed by atoms with van der Waals surface area (Å²) in [6.07, 6.45) is 0.177. The molecule has 2 aromatic carbocycles. The predicted octanol–water partition coefficient (Wildman–Crippen LogP) is 2.29. The number of nitrogens with one attached hydrogen (secondary N) is 2. The van der Waals surface area contributed by atoms with E-state index in [-0.39, 0.29) is 24.5 Å². The highest BCUT2D eigenvalue weighted by atomic mass is 16.5. The summed E-state index contributed by atoms with van der Waals surface area (Å²) in [5.41, 5.74) is 2.20. The number of carbonyl (C=O) groups excluding carboxylic acids is 3. The van der Waals surface area contributed by atoms with Gasteiger partial charge in [-0.15, -0.1) is 0 Å². The highest BCUT2D eigenvalue weighted by Gasteiger charge is 2.26. The Labute approximate surface area is 138 Å². The van der Waals surface area contributed by atoms with Crippen molar-refractivity contribution in [2.75, 3.05) is 11.9 Å². The van der Waals surface area contributed by atoms with Gasteiger partial charge in [0.1, 0.15) is 5.75 Å². The molecule has 3 rings (SSSR count). The standard InChI is InChI=1S/C18H16N2O4/c1-11-2-5-13(6-3-11)24-9-8-16(21)19-12-4-7-14-15(10-12)18(23)20-17(14)22/h2-7,10H,8-9H2,1H3,(H,19,21)(H,20,22,23). The molecule has 1 aliphatic heterocycles. The fourth-order valence-corrected chi connectivity index (χ4v) is 2.37. The third-order valence-electron chi connectivity index (χ3n) is 3.64. The van der Waals surface area contributed by atoms with E-state index in [4.69, 9.17) is 4.74 Å². The molecule has 2 N–H and O–H groups in total. The van der Waals surface area contributed by atoms with E-state index < -0.39 is 11.8 Å². The molecule has 2 aromatic rings. The first-order valence-electron chi connectivity index (χ1n) is 7.52. The lowest BCUT2D eigenvalue weighted by Gasteiger charge is -2.08. The van der Waals surface area contributed by atoms with Gasteiger partial charge in [0.05, 0.1) is 24.2 Å². The molecule has 0 unspecified atom stereocenters. The molecule has 0 aliphatic carbocycles. The SMILES string of the molecule is Cc1ccc(OCCC(=O)Nc2ccc3c(c2)C(=O)NC3=O)cc1. The van der Waals surface area contributed by atoms with Crippen molar-refractivity contribution in [1.29, 1.82) is 0 Å². The van der Waals surface area contributed by atoms with Crippen LogP contribution in [0, 0.1) is 6.92 Å². The van der Waals surface area contributed by atoms with Crippen molar-refractivity contribution < 1.29 is 19.1 Å². The van der Waals surface area contributed by atoms with Crippen LogP contribution in [-0.2, 0) is 4.79 Å². The van der Waals surface area contributed by atoms with Crippen molar-refractivity contribution in [2.45, 2.75) is 13.3 Å². The zero-order chi connectivity index (χ0) is 17.1. The van der Waals surface area contributed by atoms with Crippen LogP contribution < -0.4 is 15.4 Å². The second-order valence-corrected chi connectivity index (χ2v) is 5.50. The average Bonchev–Trinajstić information content (AvgIpc) is 2.83. The summed E-state index contributed by atoms with van der Waals surface area (Å²) in [6.45, 7) is 2.24. The summed E-state index contributed by atoms with van der Waals surface area (Å²) in [4.78, 5) is 35.0. The lowest BCUT2D eigenvalue weighted by molar-refractivity contribution is -0.116. The van der Waals surface area contributed by atoms with E-state index in [0.29, 0.717) is 17.0 Å². The first-order chi connectivity index (χ1) is 11.5. The van der Waals surface area contributed by atoms with Crippen molar-refractivity contribution in [2.24, 2.45) is 0 Å². The van der Waals surface area contributed by atoms with E-state index in [1.807, 2.05) is 31.2 Å². The Morgan fingerprint density at radius 3 is 2.50 bits per heavy atom. The molecule has 3 amide bonds. The Kier molecular flexibility index (Phi) is 4.29. The molecule has 1 aliphatic rings. The average molecular weight is 324 g/mol. The van der Waals surface area contributed by atoms with Crippen LogP contribution in [0.5, 0.6) is 5.75 Å². The molecule has 0 saturated carbocycles. The van der Waals surface area contributed by atoms with Crippen molar-refractivity contribution in [3.8, 4) is 5.75 Å². The molecule has 0 aromatic heterocycles. The first kappa shape index (κ1) is 15.7. The number of anilines is 1. The molecule has 1 heterocycles. The van der Waals surface area contributed by atoms with Crippen LogP contribution in [0.4, 0.5) is 5.69 Å². The summed E-state index contributed by atoms with van der Waals surface area (Å²) < 4.78 is 5.50. The molecule has 24 heavy (non-hydrogen) atoms. The number of hydrogen-bond donors (Lipinski definition) is 2.